The third-order valence-electron chi connectivity index (χ3n) is 3.51. The quantitative estimate of drug-likeness (QED) is 0.637. The Labute approximate surface area is 93.7 Å². The fraction of sp³-hybridized carbons (Fsp3) is 1.00. The van der Waals surface area contributed by atoms with Gasteiger partial charge < -0.3 is 0 Å². The van der Waals surface area contributed by atoms with Crippen molar-refractivity contribution in [2.45, 2.75) is 49.4 Å². The van der Waals surface area contributed by atoms with E-state index in [0.29, 0.717) is 0 Å². The number of hydrogen-bond donors (Lipinski definition) is 0. The Morgan fingerprint density at radius 2 is 1.08 bits per heavy atom. The van der Waals surface area contributed by atoms with Gasteiger partial charge in [0, 0.05) is 0 Å². The fourth-order valence-corrected chi connectivity index (χ4v) is 51.2. The van der Waals surface area contributed by atoms with Gasteiger partial charge in [0.05, 0.1) is 0 Å². The van der Waals surface area contributed by atoms with E-state index in [1.165, 1.54) is 15.4 Å². The molecule has 0 radical (unpaired) electrons. The van der Waals surface area contributed by atoms with Crippen molar-refractivity contribution in [3.05, 3.63) is 0 Å². The van der Waals surface area contributed by atoms with E-state index in [1.807, 2.05) is 0 Å². The van der Waals surface area contributed by atoms with Crippen LogP contribution in [0.2, 0.25) is 28.6 Å². The standard InChI is InChI=1S/C2H5N.2C2H5.4CH3.2Sn/c1-2-3;2*1-2;;;;;;/h2H2,1H3;2*1H2,2H3;4*1H3;;. The summed E-state index contributed by atoms with van der Waals surface area (Å²) in [5, 5.41) is 0. The second kappa shape index (κ2) is 5.59. The van der Waals surface area contributed by atoms with E-state index in [9.17, 15) is 0 Å². The first-order valence-electron chi connectivity index (χ1n) is 5.59. The van der Waals surface area contributed by atoms with Gasteiger partial charge in [-0.3, -0.25) is 0 Å². The molecular formula is C10H27NSn2. The molecule has 1 nitrogen and oxygen atoms in total. The molecule has 0 aliphatic carbocycles. The molecule has 0 aromatic rings. The molecule has 0 rings (SSSR count). The molecule has 0 aliphatic heterocycles. The summed E-state index contributed by atoms with van der Waals surface area (Å²) < 4.78 is 5.98. The summed E-state index contributed by atoms with van der Waals surface area (Å²) in [5.74, 6) is 0. The van der Waals surface area contributed by atoms with Gasteiger partial charge in [-0.1, -0.05) is 0 Å². The van der Waals surface area contributed by atoms with Crippen LogP contribution in [0.4, 0.5) is 0 Å². The molecule has 13 heavy (non-hydrogen) atoms. The number of nitrogens with zero attached hydrogens (tertiary/aromatic N) is 1. The van der Waals surface area contributed by atoms with Gasteiger partial charge in [-0.25, -0.2) is 0 Å². The first-order chi connectivity index (χ1) is 5.81. The summed E-state index contributed by atoms with van der Waals surface area (Å²) in [4.78, 5) is 10.4. The molecule has 0 bridgehead atoms. The van der Waals surface area contributed by atoms with Crippen molar-refractivity contribution in [1.29, 1.82) is 0 Å². The van der Waals surface area contributed by atoms with Gasteiger partial charge in [0.1, 0.15) is 0 Å². The van der Waals surface area contributed by atoms with Crippen LogP contribution in [-0.4, -0.2) is 45.2 Å². The Morgan fingerprint density at radius 1 is 0.769 bits per heavy atom. The maximum absolute atomic E-state index is 3.03. The zero-order chi connectivity index (χ0) is 10.7. The summed E-state index contributed by atoms with van der Waals surface area (Å²) in [6.07, 6.45) is 0. The van der Waals surface area contributed by atoms with Gasteiger partial charge in [0.25, 0.3) is 0 Å². The summed E-state index contributed by atoms with van der Waals surface area (Å²) >= 11 is -3.57. The minimum absolute atomic E-state index is 1.33. The van der Waals surface area contributed by atoms with Crippen LogP contribution in [-0.2, 0) is 0 Å². The van der Waals surface area contributed by atoms with E-state index in [2.05, 4.69) is 41.9 Å². The zero-order valence-electron chi connectivity index (χ0n) is 10.6. The molecular weight excluding hydrogens is 372 g/mol. The first-order valence-corrected chi connectivity index (χ1v) is 23.6. The maximum atomic E-state index is 3.03. The van der Waals surface area contributed by atoms with Gasteiger partial charge in [-0.05, 0) is 0 Å². The molecule has 0 N–H and O–H groups in total. The van der Waals surface area contributed by atoms with Crippen LogP contribution < -0.4 is 0 Å². The molecule has 0 aromatic heterocycles. The summed E-state index contributed by atoms with van der Waals surface area (Å²) in [6, 6.07) is 0. The number of rotatable bonds is 5. The van der Waals surface area contributed by atoms with Crippen LogP contribution in [0.5, 0.6) is 0 Å². The predicted molar refractivity (Wildman–Crippen MR) is 68.3 cm³/mol. The third kappa shape index (κ3) is 3.90. The summed E-state index contributed by atoms with van der Waals surface area (Å²) in [5.41, 5.74) is 0. The van der Waals surface area contributed by atoms with Crippen LogP contribution >= 0.6 is 0 Å². The SMILES string of the molecule is CC[N]([Sn]([CH3])([CH3])[CH2]C)[Sn]([CH3])([CH3])[CH2]C. The molecule has 0 aliphatic rings. The van der Waals surface area contributed by atoms with Crippen molar-refractivity contribution in [3.8, 4) is 0 Å². The molecule has 0 saturated heterocycles. The van der Waals surface area contributed by atoms with Crippen molar-refractivity contribution < 1.29 is 0 Å². The molecule has 0 heterocycles. The second-order valence-corrected chi connectivity index (χ2v) is 36.5. The van der Waals surface area contributed by atoms with Crippen LogP contribution in [0.25, 0.3) is 0 Å². The predicted octanol–water partition coefficient (Wildman–Crippen LogP) is 3.76. The normalized spacial score (nSPS) is 13.8. The van der Waals surface area contributed by atoms with Crippen LogP contribution in [0.1, 0.15) is 20.8 Å². The van der Waals surface area contributed by atoms with Crippen molar-refractivity contribution in [2.75, 3.05) is 6.54 Å². The topological polar surface area (TPSA) is 3.24 Å². The van der Waals surface area contributed by atoms with Crippen molar-refractivity contribution >= 4 is 37.3 Å². The molecule has 3 heteroatoms. The zero-order valence-corrected chi connectivity index (χ0v) is 16.3. The Bertz CT molecular complexity index is 139. The van der Waals surface area contributed by atoms with Crippen LogP contribution in [0, 0.1) is 0 Å². The van der Waals surface area contributed by atoms with E-state index in [0.717, 1.165) is 0 Å². The summed E-state index contributed by atoms with van der Waals surface area (Å²) in [6.45, 7) is 8.49. The van der Waals surface area contributed by atoms with Gasteiger partial charge in [0.2, 0.25) is 0 Å². The summed E-state index contributed by atoms with van der Waals surface area (Å²) in [7, 11) is 0. The van der Waals surface area contributed by atoms with Gasteiger partial charge in [0.15, 0.2) is 0 Å². The average Bonchev–Trinajstić information content (AvgIpc) is 2.05. The van der Waals surface area contributed by atoms with Crippen molar-refractivity contribution in [3.63, 3.8) is 0 Å². The Kier molecular flexibility index (Phi) is 6.26. The van der Waals surface area contributed by atoms with E-state index in [1.54, 1.807) is 0 Å². The van der Waals surface area contributed by atoms with E-state index in [-0.39, 0.29) is 0 Å². The molecule has 0 fully saturated rings. The van der Waals surface area contributed by atoms with Crippen molar-refractivity contribution in [1.82, 2.24) is 1.34 Å². The average molecular weight is 399 g/mol. The van der Waals surface area contributed by atoms with Gasteiger partial charge in [-0.2, -0.15) is 0 Å². The van der Waals surface area contributed by atoms with Crippen molar-refractivity contribution in [2.24, 2.45) is 0 Å². The molecule has 80 valence electrons. The van der Waals surface area contributed by atoms with Crippen LogP contribution in [0.3, 0.4) is 0 Å². The fourth-order valence-electron chi connectivity index (χ4n) is 2.06. The monoisotopic (exact) mass is 401 g/mol. The first kappa shape index (κ1) is 14.6. The number of hydrogen-bond acceptors (Lipinski definition) is 1. The minimum atomic E-state index is -1.78. The Hall–Kier alpha value is 1.56. The van der Waals surface area contributed by atoms with Gasteiger partial charge in [-0.15, -0.1) is 0 Å². The molecule has 0 spiro atoms. The molecule has 0 saturated carbocycles. The Morgan fingerprint density at radius 3 is 1.23 bits per heavy atom. The Balaban J connectivity index is 4.69. The molecule has 0 atom stereocenters. The molecule has 0 unspecified atom stereocenters. The molecule has 0 aromatic carbocycles. The second-order valence-electron chi connectivity index (χ2n) is 5.08. The van der Waals surface area contributed by atoms with E-state index in [4.69, 9.17) is 0 Å². The van der Waals surface area contributed by atoms with E-state index >= 15 is 0 Å². The van der Waals surface area contributed by atoms with Gasteiger partial charge >= 0.3 is 94.6 Å². The van der Waals surface area contributed by atoms with Crippen LogP contribution in [0.15, 0.2) is 0 Å². The van der Waals surface area contributed by atoms with E-state index < -0.39 is 37.3 Å². The molecule has 0 amide bonds. The third-order valence-corrected chi connectivity index (χ3v) is 46.7.